The quantitative estimate of drug-likeness (QED) is 0.631. The van der Waals surface area contributed by atoms with Crippen molar-refractivity contribution in [2.75, 3.05) is 0 Å². The van der Waals surface area contributed by atoms with Gasteiger partial charge in [0.15, 0.2) is 0 Å². The summed E-state index contributed by atoms with van der Waals surface area (Å²) in [7, 11) is 0. The lowest BCUT2D eigenvalue weighted by Gasteiger charge is -2.24. The zero-order valence-corrected chi connectivity index (χ0v) is 12.8. The Labute approximate surface area is 132 Å². The largest absolute Gasteiger partial charge is 0.295 e. The monoisotopic (exact) mass is 309 g/mol. The van der Waals surface area contributed by atoms with Crippen LogP contribution >= 0.6 is 0 Å². The molecule has 0 bridgehead atoms. The molecule has 1 atom stereocenters. The third-order valence-corrected chi connectivity index (χ3v) is 3.87. The molecule has 1 unspecified atom stereocenters. The lowest BCUT2D eigenvalue weighted by atomic mass is 10.0. The Bertz CT molecular complexity index is 947. The predicted octanol–water partition coefficient (Wildman–Crippen LogP) is 1.05. The summed E-state index contributed by atoms with van der Waals surface area (Å²) in [6, 6.07) is 4.53. The minimum atomic E-state index is -0.710. The molecule has 2 aromatic rings. The lowest BCUT2D eigenvalue weighted by Crippen LogP contribution is -2.45. The molecular weight excluding hydrogens is 294 g/mol. The van der Waals surface area contributed by atoms with E-state index >= 15 is 0 Å². The van der Waals surface area contributed by atoms with Gasteiger partial charge in [0.05, 0.1) is 10.9 Å². The number of fused-ring (bicyclic) bond motifs is 1. The van der Waals surface area contributed by atoms with Gasteiger partial charge in [0, 0.05) is 12.0 Å². The Balaban J connectivity index is 2.20. The Morgan fingerprint density at radius 2 is 2.09 bits per heavy atom. The average Bonchev–Trinajstić information content (AvgIpc) is 2.50. The normalized spacial score (nSPS) is 17.6. The number of amides is 2. The van der Waals surface area contributed by atoms with Gasteiger partial charge in [-0.25, -0.2) is 4.98 Å². The highest BCUT2D eigenvalue weighted by Crippen LogP contribution is 2.20. The number of benzene rings is 1. The van der Waals surface area contributed by atoms with Gasteiger partial charge in [0.1, 0.15) is 11.9 Å². The second kappa shape index (κ2) is 5.69. The number of hydrogen-bond donors (Lipinski definition) is 1. The molecule has 23 heavy (non-hydrogen) atoms. The Kier molecular flexibility index (Phi) is 3.70. The van der Waals surface area contributed by atoms with Gasteiger partial charge in [-0.05, 0) is 38.5 Å². The van der Waals surface area contributed by atoms with Crippen LogP contribution in [0.3, 0.4) is 0 Å². The SMILES string of the molecule is CC#Cc1ccc2nc(C)n(C3CCC(=O)NC3=O)c(=O)c2c1. The summed E-state index contributed by atoms with van der Waals surface area (Å²) in [5.74, 6) is 5.37. The summed E-state index contributed by atoms with van der Waals surface area (Å²) in [6.07, 6.45) is 0.509. The standard InChI is InChI=1S/C17H15N3O3/c1-3-4-11-5-6-13-12(9-11)17(23)20(10(2)18-13)14-7-8-15(21)19-16(14)22/h5-6,9,14H,7-8H2,1-2H3,(H,19,21,22). The molecule has 2 heterocycles. The summed E-state index contributed by atoms with van der Waals surface area (Å²) >= 11 is 0. The highest BCUT2D eigenvalue weighted by Gasteiger charge is 2.30. The van der Waals surface area contributed by atoms with Crippen LogP contribution in [0.5, 0.6) is 0 Å². The first-order chi connectivity index (χ1) is 11.0. The molecule has 6 heteroatoms. The second-order valence-corrected chi connectivity index (χ2v) is 5.41. The van der Waals surface area contributed by atoms with Crippen LogP contribution in [-0.2, 0) is 9.59 Å². The van der Waals surface area contributed by atoms with Gasteiger partial charge in [-0.1, -0.05) is 5.92 Å². The van der Waals surface area contributed by atoms with Gasteiger partial charge in [-0.15, -0.1) is 5.92 Å². The van der Waals surface area contributed by atoms with E-state index in [4.69, 9.17) is 0 Å². The first-order valence-corrected chi connectivity index (χ1v) is 7.30. The van der Waals surface area contributed by atoms with Crippen molar-refractivity contribution in [3.8, 4) is 11.8 Å². The number of aryl methyl sites for hydroxylation is 1. The molecule has 1 fully saturated rings. The zero-order valence-electron chi connectivity index (χ0n) is 12.8. The molecule has 116 valence electrons. The molecule has 3 rings (SSSR count). The third-order valence-electron chi connectivity index (χ3n) is 3.87. The minimum Gasteiger partial charge on any atom is -0.295 e. The maximum atomic E-state index is 12.8. The molecule has 1 aliphatic heterocycles. The molecule has 0 aliphatic carbocycles. The molecular formula is C17H15N3O3. The average molecular weight is 309 g/mol. The van der Waals surface area contributed by atoms with Crippen molar-refractivity contribution in [2.45, 2.75) is 32.7 Å². The van der Waals surface area contributed by atoms with E-state index in [1.54, 1.807) is 32.0 Å². The fourth-order valence-corrected chi connectivity index (χ4v) is 2.83. The maximum Gasteiger partial charge on any atom is 0.262 e. The van der Waals surface area contributed by atoms with Crippen LogP contribution in [0.15, 0.2) is 23.0 Å². The third kappa shape index (κ3) is 2.61. The van der Waals surface area contributed by atoms with Crippen molar-refractivity contribution in [2.24, 2.45) is 0 Å². The number of imide groups is 1. The molecule has 1 aliphatic rings. The fraction of sp³-hybridized carbons (Fsp3) is 0.294. The number of nitrogens with one attached hydrogen (secondary N) is 1. The maximum absolute atomic E-state index is 12.8. The van der Waals surface area contributed by atoms with Gasteiger partial charge in [-0.2, -0.15) is 0 Å². The fourth-order valence-electron chi connectivity index (χ4n) is 2.83. The smallest absolute Gasteiger partial charge is 0.262 e. The number of piperidine rings is 1. The number of carbonyl (C=O) groups is 2. The number of carbonyl (C=O) groups excluding carboxylic acids is 2. The number of nitrogens with zero attached hydrogens (tertiary/aromatic N) is 2. The minimum absolute atomic E-state index is 0.210. The Morgan fingerprint density at radius 1 is 1.30 bits per heavy atom. The van der Waals surface area contributed by atoms with Crippen LogP contribution in [0.1, 0.15) is 37.2 Å². The first-order valence-electron chi connectivity index (χ1n) is 7.30. The van der Waals surface area contributed by atoms with E-state index in [-0.39, 0.29) is 17.9 Å². The number of hydrogen-bond acceptors (Lipinski definition) is 4. The van der Waals surface area contributed by atoms with Crippen molar-refractivity contribution in [1.29, 1.82) is 0 Å². The van der Waals surface area contributed by atoms with Crippen molar-refractivity contribution in [3.63, 3.8) is 0 Å². The summed E-state index contributed by atoms with van der Waals surface area (Å²) in [6.45, 7) is 3.41. The van der Waals surface area contributed by atoms with Crippen LogP contribution in [-0.4, -0.2) is 21.4 Å². The van der Waals surface area contributed by atoms with E-state index in [0.29, 0.717) is 23.1 Å². The van der Waals surface area contributed by atoms with E-state index < -0.39 is 11.9 Å². The number of aromatic nitrogens is 2. The Hall–Kier alpha value is -2.94. The summed E-state index contributed by atoms with van der Waals surface area (Å²) in [4.78, 5) is 40.6. The van der Waals surface area contributed by atoms with Crippen LogP contribution in [0.4, 0.5) is 0 Å². The highest BCUT2D eigenvalue weighted by molar-refractivity contribution is 5.99. The van der Waals surface area contributed by atoms with E-state index in [2.05, 4.69) is 22.1 Å². The van der Waals surface area contributed by atoms with E-state index in [1.165, 1.54) is 4.57 Å². The summed E-state index contributed by atoms with van der Waals surface area (Å²) in [5.41, 5.74) is 0.997. The highest BCUT2D eigenvalue weighted by atomic mass is 16.2. The van der Waals surface area contributed by atoms with Crippen LogP contribution in [0.25, 0.3) is 10.9 Å². The molecule has 0 radical (unpaired) electrons. The van der Waals surface area contributed by atoms with Gasteiger partial charge in [0.25, 0.3) is 5.56 Å². The molecule has 1 N–H and O–H groups in total. The lowest BCUT2D eigenvalue weighted by molar-refractivity contribution is -0.135. The first kappa shape index (κ1) is 15.0. The summed E-state index contributed by atoms with van der Waals surface area (Å²) in [5, 5.41) is 2.69. The Morgan fingerprint density at radius 3 is 2.78 bits per heavy atom. The van der Waals surface area contributed by atoms with Crippen LogP contribution in [0.2, 0.25) is 0 Å². The van der Waals surface area contributed by atoms with E-state index in [1.807, 2.05) is 0 Å². The molecule has 6 nitrogen and oxygen atoms in total. The molecule has 1 aromatic heterocycles. The van der Waals surface area contributed by atoms with E-state index in [9.17, 15) is 14.4 Å². The summed E-state index contributed by atoms with van der Waals surface area (Å²) < 4.78 is 1.37. The van der Waals surface area contributed by atoms with Crippen molar-refractivity contribution in [3.05, 3.63) is 39.9 Å². The molecule has 0 spiro atoms. The van der Waals surface area contributed by atoms with Crippen LogP contribution in [0, 0.1) is 18.8 Å². The van der Waals surface area contributed by atoms with Gasteiger partial charge in [-0.3, -0.25) is 24.3 Å². The van der Waals surface area contributed by atoms with Gasteiger partial charge >= 0.3 is 0 Å². The zero-order chi connectivity index (χ0) is 16.6. The van der Waals surface area contributed by atoms with Crippen molar-refractivity contribution < 1.29 is 9.59 Å². The van der Waals surface area contributed by atoms with Gasteiger partial charge < -0.3 is 0 Å². The van der Waals surface area contributed by atoms with Crippen molar-refractivity contribution >= 4 is 22.7 Å². The topological polar surface area (TPSA) is 81.1 Å². The number of rotatable bonds is 1. The van der Waals surface area contributed by atoms with Gasteiger partial charge in [0.2, 0.25) is 11.8 Å². The van der Waals surface area contributed by atoms with Crippen molar-refractivity contribution in [1.82, 2.24) is 14.9 Å². The molecule has 2 amide bonds. The molecule has 1 saturated heterocycles. The second-order valence-electron chi connectivity index (χ2n) is 5.41. The molecule has 1 aromatic carbocycles. The van der Waals surface area contributed by atoms with Crippen LogP contribution < -0.4 is 10.9 Å². The van der Waals surface area contributed by atoms with E-state index in [0.717, 1.165) is 5.56 Å². The molecule has 0 saturated carbocycles. The predicted molar refractivity (Wildman–Crippen MR) is 84.7 cm³/mol.